The molecule has 0 aromatic heterocycles. The van der Waals surface area contributed by atoms with Crippen molar-refractivity contribution >= 4 is 10.1 Å². The first-order valence-electron chi connectivity index (χ1n) is 5.79. The molecule has 5 nitrogen and oxygen atoms in total. The monoisotopic (exact) mass is 286 g/mol. The Morgan fingerprint density at radius 1 is 1.32 bits per heavy atom. The Morgan fingerprint density at radius 2 is 1.95 bits per heavy atom. The van der Waals surface area contributed by atoms with Crippen LogP contribution in [0.15, 0.2) is 43.0 Å². The molecule has 0 saturated carbocycles. The topological polar surface area (TPSA) is 72.8 Å². The third kappa shape index (κ3) is 4.66. The maximum absolute atomic E-state index is 11.2. The van der Waals surface area contributed by atoms with Crippen molar-refractivity contribution in [1.29, 1.82) is 0 Å². The van der Waals surface area contributed by atoms with Crippen LogP contribution in [0.5, 0.6) is 5.75 Å². The lowest BCUT2D eigenvalue weighted by Gasteiger charge is -2.25. The number of para-hydroxylation sites is 1. The second-order valence-electron chi connectivity index (χ2n) is 4.11. The van der Waals surface area contributed by atoms with Gasteiger partial charge in [0.2, 0.25) is 0 Å². The molecule has 0 radical (unpaired) electrons. The molecule has 106 valence electrons. The molecule has 0 bridgehead atoms. The number of rotatable bonds is 8. The zero-order valence-electron chi connectivity index (χ0n) is 10.8. The van der Waals surface area contributed by atoms with Crippen molar-refractivity contribution in [2.24, 2.45) is 0 Å². The quantitative estimate of drug-likeness (QED) is 0.451. The van der Waals surface area contributed by atoms with Gasteiger partial charge in [-0.15, -0.1) is 6.58 Å². The molecule has 0 aliphatic heterocycles. The first-order valence-corrected chi connectivity index (χ1v) is 7.23. The van der Waals surface area contributed by atoms with E-state index >= 15 is 0 Å². The summed E-state index contributed by atoms with van der Waals surface area (Å²) >= 11 is 0. The summed E-state index contributed by atoms with van der Waals surface area (Å²) in [6.07, 6.45) is 1.38. The Hall–Kier alpha value is -1.37. The fourth-order valence-electron chi connectivity index (χ4n) is 1.43. The molecule has 1 aromatic carbocycles. The summed E-state index contributed by atoms with van der Waals surface area (Å²) in [4.78, 5) is -1.69. The van der Waals surface area contributed by atoms with Crippen LogP contribution in [-0.4, -0.2) is 31.1 Å². The van der Waals surface area contributed by atoms with Gasteiger partial charge in [0.05, 0.1) is 6.61 Å². The average Bonchev–Trinajstić information content (AvgIpc) is 2.35. The smallest absolute Gasteiger partial charge is 0.295 e. The summed E-state index contributed by atoms with van der Waals surface area (Å²) in [5.74, 6) is 0.670. The van der Waals surface area contributed by atoms with Gasteiger partial charge < -0.3 is 9.47 Å². The Bertz CT molecular complexity index is 497. The van der Waals surface area contributed by atoms with Crippen LogP contribution in [0, 0.1) is 0 Å². The summed E-state index contributed by atoms with van der Waals surface area (Å²) in [7, 11) is -4.32. The summed E-state index contributed by atoms with van der Waals surface area (Å²) in [6.45, 7) is 4.97. The van der Waals surface area contributed by atoms with Crippen LogP contribution in [-0.2, 0) is 14.9 Å². The van der Waals surface area contributed by atoms with Gasteiger partial charge in [-0.2, -0.15) is 8.42 Å². The van der Waals surface area contributed by atoms with Crippen molar-refractivity contribution in [2.45, 2.75) is 18.3 Å². The van der Waals surface area contributed by atoms with Crippen LogP contribution in [0.4, 0.5) is 0 Å². The van der Waals surface area contributed by atoms with Gasteiger partial charge in [0.15, 0.2) is 4.93 Å². The molecule has 1 unspecified atom stereocenters. The van der Waals surface area contributed by atoms with E-state index in [9.17, 15) is 8.42 Å². The third-order valence-corrected chi connectivity index (χ3v) is 3.94. The second-order valence-corrected chi connectivity index (χ2v) is 5.93. The highest BCUT2D eigenvalue weighted by molar-refractivity contribution is 7.87. The molecule has 0 heterocycles. The average molecular weight is 286 g/mol. The lowest BCUT2D eigenvalue weighted by molar-refractivity contribution is 0.0107. The van der Waals surface area contributed by atoms with Gasteiger partial charge in [-0.1, -0.05) is 24.3 Å². The standard InChI is InChI=1S/C13H18O5S/c1-3-9-13(2,19(14,15)16)18-11-10-17-12-7-5-4-6-8-12/h3-8H,1,9-11H2,2H3,(H,14,15,16). The Labute approximate surface area is 113 Å². The predicted molar refractivity (Wildman–Crippen MR) is 72.7 cm³/mol. The maximum Gasteiger partial charge on any atom is 0.295 e. The zero-order chi connectivity index (χ0) is 14.4. The largest absolute Gasteiger partial charge is 0.491 e. The minimum Gasteiger partial charge on any atom is -0.491 e. The van der Waals surface area contributed by atoms with E-state index in [0.717, 1.165) is 0 Å². The van der Waals surface area contributed by atoms with Gasteiger partial charge in [-0.25, -0.2) is 0 Å². The lowest BCUT2D eigenvalue weighted by Crippen LogP contribution is -2.38. The van der Waals surface area contributed by atoms with Gasteiger partial charge >= 0.3 is 0 Å². The van der Waals surface area contributed by atoms with E-state index in [4.69, 9.17) is 14.0 Å². The van der Waals surface area contributed by atoms with Crippen LogP contribution in [0.3, 0.4) is 0 Å². The highest BCUT2D eigenvalue weighted by Crippen LogP contribution is 2.22. The third-order valence-electron chi connectivity index (χ3n) is 2.56. The normalized spacial score (nSPS) is 14.6. The molecule has 1 rings (SSSR count). The van der Waals surface area contributed by atoms with Crippen molar-refractivity contribution in [1.82, 2.24) is 0 Å². The van der Waals surface area contributed by atoms with Gasteiger partial charge in [-0.05, 0) is 19.1 Å². The maximum atomic E-state index is 11.2. The first-order chi connectivity index (χ1) is 8.89. The van der Waals surface area contributed by atoms with Crippen LogP contribution < -0.4 is 4.74 Å². The number of hydrogen-bond donors (Lipinski definition) is 1. The molecular weight excluding hydrogens is 268 g/mol. The number of ether oxygens (including phenoxy) is 2. The minimum atomic E-state index is -4.32. The van der Waals surface area contributed by atoms with Crippen molar-refractivity contribution in [3.63, 3.8) is 0 Å². The van der Waals surface area contributed by atoms with E-state index < -0.39 is 15.1 Å². The SMILES string of the molecule is C=CCC(C)(OCCOc1ccccc1)S(=O)(=O)O. The van der Waals surface area contributed by atoms with E-state index in [0.29, 0.717) is 5.75 Å². The molecule has 6 heteroatoms. The van der Waals surface area contributed by atoms with E-state index in [1.165, 1.54) is 13.0 Å². The van der Waals surface area contributed by atoms with E-state index in [1.807, 2.05) is 18.2 Å². The van der Waals surface area contributed by atoms with Gasteiger partial charge in [0, 0.05) is 6.42 Å². The Kier molecular flexibility index (Phi) is 5.53. The van der Waals surface area contributed by atoms with Crippen molar-refractivity contribution in [3.8, 4) is 5.75 Å². The molecule has 1 N–H and O–H groups in total. The Morgan fingerprint density at radius 3 is 2.47 bits per heavy atom. The number of benzene rings is 1. The van der Waals surface area contributed by atoms with Gasteiger partial charge in [0.1, 0.15) is 12.4 Å². The first kappa shape index (κ1) is 15.7. The molecule has 0 spiro atoms. The lowest BCUT2D eigenvalue weighted by atomic mass is 10.3. The molecule has 1 atom stereocenters. The van der Waals surface area contributed by atoms with Gasteiger partial charge in [0.25, 0.3) is 10.1 Å². The zero-order valence-corrected chi connectivity index (χ0v) is 11.6. The van der Waals surface area contributed by atoms with E-state index in [2.05, 4.69) is 6.58 Å². The molecule has 1 aromatic rings. The molecule has 0 amide bonds. The fourth-order valence-corrected chi connectivity index (χ4v) is 2.00. The number of hydrogen-bond acceptors (Lipinski definition) is 4. The van der Waals surface area contributed by atoms with Crippen LogP contribution in [0.25, 0.3) is 0 Å². The van der Waals surface area contributed by atoms with Crippen molar-refractivity contribution in [3.05, 3.63) is 43.0 Å². The summed E-state index contributed by atoms with van der Waals surface area (Å²) < 4.78 is 42.2. The summed E-state index contributed by atoms with van der Waals surface area (Å²) in [5, 5.41) is 0. The van der Waals surface area contributed by atoms with E-state index in [1.54, 1.807) is 12.1 Å². The van der Waals surface area contributed by atoms with E-state index in [-0.39, 0.29) is 19.6 Å². The minimum absolute atomic E-state index is 0.00281. The van der Waals surface area contributed by atoms with Crippen molar-refractivity contribution in [2.75, 3.05) is 13.2 Å². The van der Waals surface area contributed by atoms with Gasteiger partial charge in [-0.3, -0.25) is 4.55 Å². The highest BCUT2D eigenvalue weighted by Gasteiger charge is 2.37. The summed E-state index contributed by atoms with van der Waals surface area (Å²) in [5.41, 5.74) is 0. The Balaban J connectivity index is 2.48. The molecule has 19 heavy (non-hydrogen) atoms. The molecular formula is C13H18O5S. The molecule has 0 aliphatic rings. The predicted octanol–water partition coefficient (Wildman–Crippen LogP) is 2.26. The molecule has 0 saturated heterocycles. The van der Waals surface area contributed by atoms with Crippen LogP contribution in [0.2, 0.25) is 0 Å². The molecule has 0 aliphatic carbocycles. The second kappa shape index (κ2) is 6.70. The highest BCUT2D eigenvalue weighted by atomic mass is 32.2. The summed E-state index contributed by atoms with van der Waals surface area (Å²) in [6, 6.07) is 9.09. The fraction of sp³-hybridized carbons (Fsp3) is 0.385. The van der Waals surface area contributed by atoms with Crippen LogP contribution in [0.1, 0.15) is 13.3 Å². The van der Waals surface area contributed by atoms with Crippen molar-refractivity contribution < 1.29 is 22.4 Å². The van der Waals surface area contributed by atoms with Crippen LogP contribution >= 0.6 is 0 Å². The molecule has 0 fully saturated rings.